The topological polar surface area (TPSA) is 182 Å². The van der Waals surface area contributed by atoms with E-state index in [1.54, 1.807) is 0 Å². The molecule has 0 aliphatic rings. The number of aliphatic hydroxyl groups excluding tert-OH is 3. The van der Waals surface area contributed by atoms with Gasteiger partial charge in [0.1, 0.15) is 18.1 Å². The molecule has 122 valence electrons. The number of rotatable bonds is 8. The minimum Gasteiger partial charge on any atom is -0.480 e. The third-order valence-corrected chi connectivity index (χ3v) is 2.68. The number of nitrogens with one attached hydrogen (secondary N) is 2. The maximum absolute atomic E-state index is 11.8. The zero-order valence-electron chi connectivity index (χ0n) is 11.7. The molecule has 0 radical (unpaired) electrons. The van der Waals surface area contributed by atoms with Crippen LogP contribution in [0.2, 0.25) is 0 Å². The van der Waals surface area contributed by atoms with Gasteiger partial charge in [-0.1, -0.05) is 0 Å². The van der Waals surface area contributed by atoms with Gasteiger partial charge in [-0.2, -0.15) is 0 Å². The Kier molecular flexibility index (Phi) is 7.81. The molecule has 2 amide bonds. The molecule has 0 heterocycles. The number of nitrogens with two attached hydrogens (primary N) is 1. The summed E-state index contributed by atoms with van der Waals surface area (Å²) in [5.41, 5.74) is 5.37. The Labute approximate surface area is 120 Å². The van der Waals surface area contributed by atoms with Crippen molar-refractivity contribution in [1.29, 1.82) is 0 Å². The van der Waals surface area contributed by atoms with Crippen LogP contribution in [0.25, 0.3) is 0 Å². The van der Waals surface area contributed by atoms with Crippen LogP contribution in [-0.4, -0.2) is 75.2 Å². The lowest BCUT2D eigenvalue weighted by Gasteiger charge is -2.24. The van der Waals surface area contributed by atoms with Gasteiger partial charge in [0.05, 0.1) is 18.8 Å². The van der Waals surface area contributed by atoms with Crippen molar-refractivity contribution in [2.45, 2.75) is 44.2 Å². The smallest absolute Gasteiger partial charge is 0.328 e. The van der Waals surface area contributed by atoms with Gasteiger partial charge in [-0.05, 0) is 13.8 Å². The highest BCUT2D eigenvalue weighted by atomic mass is 16.4. The minimum atomic E-state index is -1.57. The molecule has 0 aliphatic carbocycles. The summed E-state index contributed by atoms with van der Waals surface area (Å²) in [6.07, 6.45) is -2.52. The molecule has 0 aromatic heterocycles. The average molecular weight is 307 g/mol. The van der Waals surface area contributed by atoms with E-state index < -0.39 is 54.7 Å². The summed E-state index contributed by atoms with van der Waals surface area (Å²) in [4.78, 5) is 34.2. The van der Waals surface area contributed by atoms with Gasteiger partial charge in [-0.3, -0.25) is 9.59 Å². The lowest BCUT2D eigenvalue weighted by Crippen LogP contribution is -2.59. The summed E-state index contributed by atoms with van der Waals surface area (Å²) in [6, 6.07) is -4.36. The van der Waals surface area contributed by atoms with Crippen molar-refractivity contribution in [2.75, 3.05) is 6.61 Å². The lowest BCUT2D eigenvalue weighted by atomic mass is 10.1. The number of hydrogen-bond acceptors (Lipinski definition) is 7. The van der Waals surface area contributed by atoms with Crippen LogP contribution >= 0.6 is 0 Å². The number of aliphatic hydroxyl groups is 3. The highest BCUT2D eigenvalue weighted by molar-refractivity contribution is 5.92. The Bertz CT molecular complexity index is 386. The van der Waals surface area contributed by atoms with Crippen LogP contribution in [0.5, 0.6) is 0 Å². The van der Waals surface area contributed by atoms with Crippen LogP contribution in [0.1, 0.15) is 13.8 Å². The number of carboxylic acid groups (broad SMARTS) is 1. The molecular formula is C11H21N3O7. The van der Waals surface area contributed by atoms with Crippen molar-refractivity contribution < 1.29 is 34.8 Å². The van der Waals surface area contributed by atoms with Crippen LogP contribution in [0, 0.1) is 0 Å². The monoisotopic (exact) mass is 307 g/mol. The first kappa shape index (κ1) is 19.2. The molecule has 0 aromatic rings. The van der Waals surface area contributed by atoms with Crippen molar-refractivity contribution in [3.8, 4) is 0 Å². The maximum Gasteiger partial charge on any atom is 0.328 e. The zero-order valence-corrected chi connectivity index (χ0v) is 11.7. The predicted molar refractivity (Wildman–Crippen MR) is 69.9 cm³/mol. The van der Waals surface area contributed by atoms with E-state index in [0.717, 1.165) is 0 Å². The third kappa shape index (κ3) is 6.04. The maximum atomic E-state index is 11.8. The van der Waals surface area contributed by atoms with Gasteiger partial charge in [0.25, 0.3) is 0 Å². The van der Waals surface area contributed by atoms with E-state index in [0.29, 0.717) is 0 Å². The molecule has 0 bridgehead atoms. The number of carboxylic acids is 1. The Balaban J connectivity index is 4.87. The first-order valence-electron chi connectivity index (χ1n) is 6.17. The van der Waals surface area contributed by atoms with E-state index in [1.165, 1.54) is 13.8 Å². The molecule has 0 spiro atoms. The van der Waals surface area contributed by atoms with Gasteiger partial charge in [-0.15, -0.1) is 0 Å². The molecule has 21 heavy (non-hydrogen) atoms. The number of hydrogen-bond donors (Lipinski definition) is 7. The average Bonchev–Trinajstić information content (AvgIpc) is 2.39. The first-order valence-corrected chi connectivity index (χ1v) is 6.17. The first-order chi connectivity index (χ1) is 9.61. The van der Waals surface area contributed by atoms with Gasteiger partial charge in [0.2, 0.25) is 11.8 Å². The van der Waals surface area contributed by atoms with Crippen molar-refractivity contribution >= 4 is 17.8 Å². The van der Waals surface area contributed by atoms with E-state index in [2.05, 4.69) is 5.32 Å². The number of carbonyl (C=O) groups excluding carboxylic acids is 2. The van der Waals surface area contributed by atoms with Gasteiger partial charge >= 0.3 is 5.97 Å². The predicted octanol–water partition coefficient (Wildman–Crippen LogP) is -3.88. The largest absolute Gasteiger partial charge is 0.480 e. The summed E-state index contributed by atoms with van der Waals surface area (Å²) in [7, 11) is 0. The molecule has 0 unspecified atom stereocenters. The van der Waals surface area contributed by atoms with Gasteiger partial charge < -0.3 is 36.8 Å². The molecule has 10 heteroatoms. The van der Waals surface area contributed by atoms with Gasteiger partial charge in [-0.25, -0.2) is 4.79 Å². The Hall–Kier alpha value is -1.75. The molecule has 8 N–H and O–H groups in total. The van der Waals surface area contributed by atoms with Gasteiger partial charge in [0, 0.05) is 0 Å². The highest BCUT2D eigenvalue weighted by Crippen LogP contribution is 1.98. The highest BCUT2D eigenvalue weighted by Gasteiger charge is 2.31. The van der Waals surface area contributed by atoms with E-state index in [-0.39, 0.29) is 0 Å². The fourth-order valence-electron chi connectivity index (χ4n) is 1.32. The standard InChI is InChI=1S/C11H21N3O7/c1-4(16)7(12)9(18)14-8(5(2)17)10(19)13-6(3-15)11(20)21/h4-8,15-17H,3,12H2,1-2H3,(H,13,19)(H,14,18)(H,20,21)/t4-,5-,6+,7+,8+/m1/s1. The van der Waals surface area contributed by atoms with Crippen LogP contribution < -0.4 is 16.4 Å². The second-order valence-corrected chi connectivity index (χ2v) is 4.58. The summed E-state index contributed by atoms with van der Waals surface area (Å²) >= 11 is 0. The second kappa shape index (κ2) is 8.52. The summed E-state index contributed by atoms with van der Waals surface area (Å²) in [5.74, 6) is -3.36. The zero-order chi connectivity index (χ0) is 16.7. The Morgan fingerprint density at radius 2 is 1.57 bits per heavy atom. The SMILES string of the molecule is C[C@@H](O)[C@H](N)C(=O)N[C@H](C(=O)N[C@@H](CO)C(=O)O)[C@@H](C)O. The normalized spacial score (nSPS) is 18.0. The molecule has 0 aliphatic heterocycles. The van der Waals surface area contributed by atoms with Crippen molar-refractivity contribution in [3.05, 3.63) is 0 Å². The number of carbonyl (C=O) groups is 3. The number of aliphatic carboxylic acids is 1. The van der Waals surface area contributed by atoms with Crippen molar-refractivity contribution in [1.82, 2.24) is 10.6 Å². The summed E-state index contributed by atoms with van der Waals surface area (Å²) in [5, 5.41) is 40.2. The quantitative estimate of drug-likeness (QED) is 0.237. The van der Waals surface area contributed by atoms with E-state index >= 15 is 0 Å². The summed E-state index contributed by atoms with van der Waals surface area (Å²) < 4.78 is 0. The summed E-state index contributed by atoms with van der Waals surface area (Å²) in [6.45, 7) is 1.62. The van der Waals surface area contributed by atoms with E-state index in [1.807, 2.05) is 5.32 Å². The van der Waals surface area contributed by atoms with Crippen LogP contribution in [0.15, 0.2) is 0 Å². The number of amides is 2. The Morgan fingerprint density at radius 3 is 1.90 bits per heavy atom. The van der Waals surface area contributed by atoms with E-state index in [9.17, 15) is 24.6 Å². The minimum absolute atomic E-state index is 0.852. The molecule has 5 atom stereocenters. The van der Waals surface area contributed by atoms with Crippen molar-refractivity contribution in [3.63, 3.8) is 0 Å². The van der Waals surface area contributed by atoms with E-state index in [4.69, 9.17) is 15.9 Å². The molecule has 10 nitrogen and oxygen atoms in total. The fourth-order valence-corrected chi connectivity index (χ4v) is 1.32. The lowest BCUT2D eigenvalue weighted by molar-refractivity contribution is -0.144. The van der Waals surface area contributed by atoms with Crippen LogP contribution in [-0.2, 0) is 14.4 Å². The second-order valence-electron chi connectivity index (χ2n) is 4.58. The fraction of sp³-hybridized carbons (Fsp3) is 0.727. The molecule has 0 fully saturated rings. The molecule has 0 rings (SSSR count). The molecule has 0 aromatic carbocycles. The van der Waals surface area contributed by atoms with Crippen LogP contribution in [0.3, 0.4) is 0 Å². The van der Waals surface area contributed by atoms with Gasteiger partial charge in [0.15, 0.2) is 0 Å². The molecule has 0 saturated carbocycles. The Morgan fingerprint density at radius 1 is 1.05 bits per heavy atom. The van der Waals surface area contributed by atoms with Crippen LogP contribution in [0.4, 0.5) is 0 Å². The molecular weight excluding hydrogens is 286 g/mol. The third-order valence-electron chi connectivity index (χ3n) is 2.68. The van der Waals surface area contributed by atoms with Crippen molar-refractivity contribution in [2.24, 2.45) is 5.73 Å². The molecule has 0 saturated heterocycles.